The van der Waals surface area contributed by atoms with E-state index < -0.39 is 0 Å². The van der Waals surface area contributed by atoms with Gasteiger partial charge in [-0.2, -0.15) is 0 Å². The molecule has 0 radical (unpaired) electrons. The number of aromatic hydroxyl groups is 1. The zero-order chi connectivity index (χ0) is 25.6. The summed E-state index contributed by atoms with van der Waals surface area (Å²) in [5.74, 6) is 1.91. The van der Waals surface area contributed by atoms with Gasteiger partial charge < -0.3 is 20.0 Å². The van der Waals surface area contributed by atoms with Crippen LogP contribution < -0.4 is 0 Å². The highest BCUT2D eigenvalue weighted by Crippen LogP contribution is 2.33. The molecule has 2 fully saturated rings. The number of imidazole rings is 1. The van der Waals surface area contributed by atoms with E-state index in [-0.39, 0.29) is 24.1 Å². The van der Waals surface area contributed by atoms with E-state index >= 15 is 0 Å². The number of nitrogens with one attached hydrogen (secondary N) is 2. The van der Waals surface area contributed by atoms with Crippen LogP contribution >= 0.6 is 0 Å². The molecule has 2 aliphatic rings. The Hall–Kier alpha value is -4.10. The second-order valence-corrected chi connectivity index (χ2v) is 10.8. The molecule has 1 unspecified atom stereocenters. The fourth-order valence-electron chi connectivity index (χ4n) is 5.79. The van der Waals surface area contributed by atoms with Crippen LogP contribution in [0.25, 0.3) is 32.9 Å². The molecule has 0 spiro atoms. The minimum Gasteiger partial charge on any atom is -0.508 e. The third kappa shape index (κ3) is 4.43. The number of rotatable bonds is 6. The van der Waals surface area contributed by atoms with Crippen molar-refractivity contribution in [3.05, 3.63) is 84.4 Å². The number of aromatic nitrogens is 3. The monoisotopic (exact) mass is 505 g/mol. The predicted molar refractivity (Wildman–Crippen MR) is 149 cm³/mol. The minimum absolute atomic E-state index is 0.0777. The number of hydrogen-bond acceptors (Lipinski definition) is 4. The third-order valence-corrected chi connectivity index (χ3v) is 8.06. The van der Waals surface area contributed by atoms with Crippen molar-refractivity contribution in [3.63, 3.8) is 0 Å². The molecule has 1 atom stereocenters. The molecule has 7 rings (SSSR count). The third-order valence-electron chi connectivity index (χ3n) is 8.06. The van der Waals surface area contributed by atoms with Gasteiger partial charge in [0.1, 0.15) is 17.6 Å². The van der Waals surface area contributed by atoms with Gasteiger partial charge in [0.25, 0.3) is 0 Å². The number of carbonyl (C=O) groups is 1. The molecular weight excluding hydrogens is 474 g/mol. The fourth-order valence-corrected chi connectivity index (χ4v) is 5.79. The number of nitrogens with zero attached hydrogens (tertiary/aromatic N) is 3. The first kappa shape index (κ1) is 23.0. The Morgan fingerprint density at radius 1 is 1.03 bits per heavy atom. The second kappa shape index (κ2) is 9.33. The van der Waals surface area contributed by atoms with Gasteiger partial charge >= 0.3 is 0 Å². The van der Waals surface area contributed by atoms with Crippen molar-refractivity contribution in [2.24, 2.45) is 5.92 Å². The van der Waals surface area contributed by atoms with Crippen LogP contribution in [0.1, 0.15) is 30.3 Å². The summed E-state index contributed by atoms with van der Waals surface area (Å²) in [6.07, 6.45) is 6.67. The standard InChI is InChI=1S/C31H31N5O2/c37-25-9-10-27-26(15-25)24(16-32-27)14-30(38)36-12-11-35(18-20-5-6-20)19-29(36)31-33-17-28(34-31)23-8-7-21-3-1-2-4-22(21)13-23/h1-4,7-10,13,15-17,20,29,32,37H,5-6,11-12,14,18-19H2,(H,33,34). The Labute approximate surface area is 221 Å². The average Bonchev–Trinajstić information content (AvgIpc) is 3.46. The Balaban J connectivity index is 1.17. The number of piperazine rings is 1. The zero-order valence-corrected chi connectivity index (χ0v) is 21.2. The Morgan fingerprint density at radius 2 is 1.89 bits per heavy atom. The number of phenols is 1. The van der Waals surface area contributed by atoms with Crippen LogP contribution in [0.2, 0.25) is 0 Å². The number of amides is 1. The molecule has 1 amide bonds. The molecule has 3 N–H and O–H groups in total. The number of carbonyl (C=O) groups excluding carboxylic acids is 1. The lowest BCUT2D eigenvalue weighted by Crippen LogP contribution is -2.51. The van der Waals surface area contributed by atoms with Gasteiger partial charge in [0.15, 0.2) is 0 Å². The van der Waals surface area contributed by atoms with E-state index in [4.69, 9.17) is 4.98 Å². The van der Waals surface area contributed by atoms with Crippen LogP contribution in [0.15, 0.2) is 73.1 Å². The summed E-state index contributed by atoms with van der Waals surface area (Å²) in [7, 11) is 0. The van der Waals surface area contributed by atoms with Gasteiger partial charge in [0.05, 0.1) is 18.3 Å². The molecule has 38 heavy (non-hydrogen) atoms. The van der Waals surface area contributed by atoms with Crippen molar-refractivity contribution in [2.45, 2.75) is 25.3 Å². The second-order valence-electron chi connectivity index (χ2n) is 10.8. The molecule has 0 bridgehead atoms. The maximum atomic E-state index is 13.7. The van der Waals surface area contributed by atoms with Crippen LogP contribution in [0.4, 0.5) is 0 Å². The smallest absolute Gasteiger partial charge is 0.227 e. The van der Waals surface area contributed by atoms with Crippen molar-refractivity contribution in [1.82, 2.24) is 24.8 Å². The molecule has 1 aliphatic heterocycles. The molecule has 7 nitrogen and oxygen atoms in total. The largest absolute Gasteiger partial charge is 0.508 e. The van der Waals surface area contributed by atoms with Crippen molar-refractivity contribution < 1.29 is 9.90 Å². The zero-order valence-electron chi connectivity index (χ0n) is 21.2. The molecule has 3 aromatic carbocycles. The number of phenolic OH excluding ortho intramolecular Hbond substituents is 1. The van der Waals surface area contributed by atoms with Crippen molar-refractivity contribution in [3.8, 4) is 17.0 Å². The average molecular weight is 506 g/mol. The summed E-state index contributed by atoms with van der Waals surface area (Å²) in [5, 5.41) is 13.3. The van der Waals surface area contributed by atoms with E-state index in [0.717, 1.165) is 59.1 Å². The topological polar surface area (TPSA) is 88.2 Å². The molecule has 192 valence electrons. The van der Waals surface area contributed by atoms with Crippen LogP contribution in [-0.2, 0) is 11.2 Å². The summed E-state index contributed by atoms with van der Waals surface area (Å²) in [6, 6.07) is 19.9. The van der Waals surface area contributed by atoms with E-state index in [2.05, 4.69) is 57.3 Å². The SMILES string of the molecule is O=C(Cc1c[nH]c2ccc(O)cc12)N1CCN(CC2CC2)CC1c1ncc(-c2ccc3ccccc3c2)[nH]1. The van der Waals surface area contributed by atoms with Gasteiger partial charge in [-0.05, 0) is 59.4 Å². The maximum absolute atomic E-state index is 13.7. The molecule has 3 heterocycles. The number of aromatic amines is 2. The maximum Gasteiger partial charge on any atom is 0.227 e. The first-order valence-corrected chi connectivity index (χ1v) is 13.5. The minimum atomic E-state index is -0.136. The van der Waals surface area contributed by atoms with Gasteiger partial charge in [-0.1, -0.05) is 36.4 Å². The molecule has 7 heteroatoms. The summed E-state index contributed by atoms with van der Waals surface area (Å²) in [4.78, 5) is 29.8. The number of hydrogen-bond donors (Lipinski definition) is 3. The highest BCUT2D eigenvalue weighted by atomic mass is 16.3. The highest BCUT2D eigenvalue weighted by molar-refractivity contribution is 5.90. The molecule has 1 saturated carbocycles. The summed E-state index contributed by atoms with van der Waals surface area (Å²) >= 11 is 0. The van der Waals surface area contributed by atoms with E-state index in [1.165, 1.54) is 23.6 Å². The van der Waals surface area contributed by atoms with Gasteiger partial charge in [-0.25, -0.2) is 4.98 Å². The van der Waals surface area contributed by atoms with Gasteiger partial charge in [0.2, 0.25) is 5.91 Å². The molecule has 5 aromatic rings. The number of H-pyrrole nitrogens is 2. The van der Waals surface area contributed by atoms with E-state index in [9.17, 15) is 9.90 Å². The molecule has 1 saturated heterocycles. The Morgan fingerprint density at radius 3 is 2.76 bits per heavy atom. The number of benzene rings is 3. The summed E-state index contributed by atoms with van der Waals surface area (Å²) in [6.45, 7) is 3.43. The summed E-state index contributed by atoms with van der Waals surface area (Å²) < 4.78 is 0. The number of fused-ring (bicyclic) bond motifs is 2. The first-order valence-electron chi connectivity index (χ1n) is 13.5. The van der Waals surface area contributed by atoms with Gasteiger partial charge in [0, 0.05) is 48.8 Å². The van der Waals surface area contributed by atoms with Crippen LogP contribution in [0.5, 0.6) is 5.75 Å². The molecule has 1 aliphatic carbocycles. The predicted octanol–water partition coefficient (Wildman–Crippen LogP) is 5.25. The lowest BCUT2D eigenvalue weighted by Gasteiger charge is -2.40. The van der Waals surface area contributed by atoms with Crippen molar-refractivity contribution in [2.75, 3.05) is 26.2 Å². The lowest BCUT2D eigenvalue weighted by molar-refractivity contribution is -0.136. The van der Waals surface area contributed by atoms with Crippen LogP contribution in [-0.4, -0.2) is 61.9 Å². The van der Waals surface area contributed by atoms with E-state index in [1.807, 2.05) is 23.4 Å². The lowest BCUT2D eigenvalue weighted by atomic mass is 10.1. The first-order chi connectivity index (χ1) is 18.6. The van der Waals surface area contributed by atoms with Gasteiger partial charge in [-0.3, -0.25) is 9.69 Å². The highest BCUT2D eigenvalue weighted by Gasteiger charge is 2.35. The van der Waals surface area contributed by atoms with Crippen molar-refractivity contribution in [1.29, 1.82) is 0 Å². The van der Waals surface area contributed by atoms with E-state index in [0.29, 0.717) is 6.54 Å². The van der Waals surface area contributed by atoms with Crippen LogP contribution in [0, 0.1) is 5.92 Å². The normalized spacial score (nSPS) is 18.4. The summed E-state index contributed by atoms with van der Waals surface area (Å²) in [5.41, 5.74) is 3.87. The van der Waals surface area contributed by atoms with Gasteiger partial charge in [-0.15, -0.1) is 0 Å². The molecule has 2 aromatic heterocycles. The fraction of sp³-hybridized carbons (Fsp3) is 0.290. The quantitative estimate of drug-likeness (QED) is 0.294. The van der Waals surface area contributed by atoms with E-state index in [1.54, 1.807) is 12.1 Å². The van der Waals surface area contributed by atoms with Crippen LogP contribution in [0.3, 0.4) is 0 Å². The molecular formula is C31H31N5O2. The van der Waals surface area contributed by atoms with Crippen molar-refractivity contribution >= 4 is 27.6 Å². The Bertz CT molecular complexity index is 1630. The Kier molecular flexibility index (Phi) is 5.66.